The van der Waals surface area contributed by atoms with E-state index in [1.807, 2.05) is 0 Å². The second kappa shape index (κ2) is 6.45. The van der Waals surface area contributed by atoms with Gasteiger partial charge in [0.2, 0.25) is 0 Å². The van der Waals surface area contributed by atoms with Gasteiger partial charge in [-0.15, -0.1) is 12.4 Å². The summed E-state index contributed by atoms with van der Waals surface area (Å²) in [6, 6.07) is 2.50. The highest BCUT2D eigenvalue weighted by molar-refractivity contribution is 5.85. The monoisotopic (exact) mass is 277 g/mol. The molecule has 1 fully saturated rings. The van der Waals surface area contributed by atoms with Crippen LogP contribution < -0.4 is 5.73 Å². The van der Waals surface area contributed by atoms with Gasteiger partial charge in [0.25, 0.3) is 0 Å². The summed E-state index contributed by atoms with van der Waals surface area (Å²) in [5, 5.41) is 10.1. The van der Waals surface area contributed by atoms with Gasteiger partial charge in [0.05, 0.1) is 12.1 Å². The van der Waals surface area contributed by atoms with Gasteiger partial charge in [0, 0.05) is 11.6 Å². The molecule has 0 amide bonds. The van der Waals surface area contributed by atoms with Crippen LogP contribution in [0.3, 0.4) is 0 Å². The molecule has 1 aliphatic carbocycles. The number of halogens is 3. The molecule has 1 aliphatic rings. The highest BCUT2D eigenvalue weighted by Gasteiger charge is 2.30. The van der Waals surface area contributed by atoms with Gasteiger partial charge in [-0.1, -0.05) is 18.9 Å². The molecular formula is C13H18ClF2NO. The number of aliphatic hydroxyl groups excluding tert-OH is 1. The number of aliphatic hydroxyl groups is 1. The van der Waals surface area contributed by atoms with Crippen LogP contribution >= 0.6 is 12.4 Å². The van der Waals surface area contributed by atoms with Crippen molar-refractivity contribution >= 4 is 12.4 Å². The maximum Gasteiger partial charge on any atom is 0.130 e. The number of hydrogen-bond donors (Lipinski definition) is 2. The molecule has 2 nitrogen and oxygen atoms in total. The van der Waals surface area contributed by atoms with Crippen molar-refractivity contribution in [1.82, 2.24) is 0 Å². The van der Waals surface area contributed by atoms with Gasteiger partial charge < -0.3 is 10.8 Å². The van der Waals surface area contributed by atoms with E-state index in [-0.39, 0.29) is 23.9 Å². The number of hydrogen-bond acceptors (Lipinski definition) is 2. The van der Waals surface area contributed by atoms with Crippen LogP contribution in [0.2, 0.25) is 0 Å². The minimum Gasteiger partial charge on any atom is -0.391 e. The molecule has 18 heavy (non-hydrogen) atoms. The third kappa shape index (κ3) is 3.19. The maximum absolute atomic E-state index is 13.5. The summed E-state index contributed by atoms with van der Waals surface area (Å²) in [4.78, 5) is 0. The molecule has 102 valence electrons. The molecule has 0 saturated heterocycles. The van der Waals surface area contributed by atoms with Gasteiger partial charge in [0.1, 0.15) is 11.6 Å². The zero-order chi connectivity index (χ0) is 12.4. The van der Waals surface area contributed by atoms with Gasteiger partial charge in [0.15, 0.2) is 0 Å². The summed E-state index contributed by atoms with van der Waals surface area (Å²) < 4.78 is 26.3. The Kier molecular flexibility index (Phi) is 5.50. The van der Waals surface area contributed by atoms with Crippen molar-refractivity contribution in [1.29, 1.82) is 0 Å². The van der Waals surface area contributed by atoms with E-state index in [0.717, 1.165) is 31.7 Å². The Morgan fingerprint density at radius 2 is 1.83 bits per heavy atom. The van der Waals surface area contributed by atoms with Crippen molar-refractivity contribution in [3.05, 3.63) is 35.4 Å². The van der Waals surface area contributed by atoms with E-state index >= 15 is 0 Å². The van der Waals surface area contributed by atoms with Crippen molar-refractivity contribution in [2.75, 3.05) is 0 Å². The normalized spacial score (nSPS) is 19.3. The minimum atomic E-state index is -0.779. The molecule has 0 spiro atoms. The lowest BCUT2D eigenvalue weighted by molar-refractivity contribution is 0.0832. The first kappa shape index (κ1) is 15.3. The van der Waals surface area contributed by atoms with Crippen LogP contribution in [0.5, 0.6) is 0 Å². The second-order valence-electron chi connectivity index (χ2n) is 4.73. The minimum absolute atomic E-state index is 0. The Balaban J connectivity index is 0.00000162. The third-order valence-corrected chi connectivity index (χ3v) is 3.57. The highest BCUT2D eigenvalue weighted by atomic mass is 35.5. The predicted molar refractivity (Wildman–Crippen MR) is 68.5 cm³/mol. The summed E-state index contributed by atoms with van der Waals surface area (Å²) in [6.45, 7) is 0. The van der Waals surface area contributed by atoms with E-state index in [1.54, 1.807) is 0 Å². The average Bonchev–Trinajstić information content (AvgIpc) is 2.80. The molecule has 5 heteroatoms. The Morgan fingerprint density at radius 1 is 1.22 bits per heavy atom. The van der Waals surface area contributed by atoms with Crippen LogP contribution in [0.15, 0.2) is 18.2 Å². The summed E-state index contributed by atoms with van der Waals surface area (Å²) >= 11 is 0. The molecule has 0 aromatic heterocycles. The van der Waals surface area contributed by atoms with Crippen LogP contribution in [0.4, 0.5) is 8.78 Å². The molecule has 0 heterocycles. The molecule has 2 rings (SSSR count). The average molecular weight is 278 g/mol. The lowest BCUT2D eigenvalue weighted by atomic mass is 9.90. The molecule has 1 aromatic rings. The molecule has 0 unspecified atom stereocenters. The fraction of sp³-hybridized carbons (Fsp3) is 0.538. The van der Waals surface area contributed by atoms with E-state index in [2.05, 4.69) is 0 Å². The molecule has 1 saturated carbocycles. The first-order chi connectivity index (χ1) is 8.09. The van der Waals surface area contributed by atoms with E-state index in [4.69, 9.17) is 5.73 Å². The molecule has 0 aliphatic heterocycles. The Hall–Kier alpha value is -0.710. The first-order valence-corrected chi connectivity index (χ1v) is 5.98. The molecular weight excluding hydrogens is 260 g/mol. The lowest BCUT2D eigenvalue weighted by Gasteiger charge is -2.24. The van der Waals surface area contributed by atoms with E-state index in [1.165, 1.54) is 12.1 Å². The SMILES string of the molecule is Cl.N[C@H](c1ccc(F)cc1F)[C@@H](O)C1CCCC1. The van der Waals surface area contributed by atoms with Crippen molar-refractivity contribution in [2.24, 2.45) is 11.7 Å². The maximum atomic E-state index is 13.5. The quantitative estimate of drug-likeness (QED) is 0.892. The Bertz CT molecular complexity index is 397. The third-order valence-electron chi connectivity index (χ3n) is 3.57. The van der Waals surface area contributed by atoms with Crippen LogP contribution in [-0.2, 0) is 0 Å². The van der Waals surface area contributed by atoms with Crippen molar-refractivity contribution in [3.8, 4) is 0 Å². The van der Waals surface area contributed by atoms with Crippen molar-refractivity contribution in [2.45, 2.75) is 37.8 Å². The largest absolute Gasteiger partial charge is 0.391 e. The van der Waals surface area contributed by atoms with Gasteiger partial charge in [-0.05, 0) is 24.8 Å². The molecule has 2 atom stereocenters. The summed E-state index contributed by atoms with van der Waals surface area (Å²) in [5.74, 6) is -1.18. The smallest absolute Gasteiger partial charge is 0.130 e. The van der Waals surface area contributed by atoms with E-state index < -0.39 is 23.8 Å². The van der Waals surface area contributed by atoms with Gasteiger partial charge in [-0.3, -0.25) is 0 Å². The van der Waals surface area contributed by atoms with Gasteiger partial charge in [-0.25, -0.2) is 8.78 Å². The topological polar surface area (TPSA) is 46.2 Å². The molecule has 1 aromatic carbocycles. The summed E-state index contributed by atoms with van der Waals surface area (Å²) in [7, 11) is 0. The predicted octanol–water partition coefficient (Wildman–Crippen LogP) is 2.94. The van der Waals surface area contributed by atoms with Gasteiger partial charge >= 0.3 is 0 Å². The fourth-order valence-electron chi connectivity index (χ4n) is 2.55. The second-order valence-corrected chi connectivity index (χ2v) is 4.73. The van der Waals surface area contributed by atoms with Crippen LogP contribution in [0.25, 0.3) is 0 Å². The van der Waals surface area contributed by atoms with Crippen molar-refractivity contribution < 1.29 is 13.9 Å². The molecule has 0 bridgehead atoms. The number of benzene rings is 1. The zero-order valence-electron chi connectivity index (χ0n) is 9.98. The highest BCUT2D eigenvalue weighted by Crippen LogP contribution is 2.33. The molecule has 3 N–H and O–H groups in total. The number of rotatable bonds is 3. The van der Waals surface area contributed by atoms with E-state index in [9.17, 15) is 13.9 Å². The fourth-order valence-corrected chi connectivity index (χ4v) is 2.55. The zero-order valence-corrected chi connectivity index (χ0v) is 10.8. The molecule has 0 radical (unpaired) electrons. The first-order valence-electron chi connectivity index (χ1n) is 5.98. The Labute approximate surface area is 112 Å². The van der Waals surface area contributed by atoms with E-state index in [0.29, 0.717) is 0 Å². The van der Waals surface area contributed by atoms with Gasteiger partial charge in [-0.2, -0.15) is 0 Å². The standard InChI is InChI=1S/C13H17F2NO.ClH/c14-9-5-6-10(11(15)7-9)12(16)13(17)8-3-1-2-4-8;/h5-8,12-13,17H,1-4,16H2;1H/t12-,13+;/m1./s1. The van der Waals surface area contributed by atoms with Crippen molar-refractivity contribution in [3.63, 3.8) is 0 Å². The Morgan fingerprint density at radius 3 is 2.39 bits per heavy atom. The lowest BCUT2D eigenvalue weighted by Crippen LogP contribution is -2.32. The van der Waals surface area contributed by atoms with Crippen LogP contribution in [0.1, 0.15) is 37.3 Å². The van der Waals surface area contributed by atoms with Crippen LogP contribution in [-0.4, -0.2) is 11.2 Å². The summed E-state index contributed by atoms with van der Waals surface area (Å²) in [6.07, 6.45) is 3.27. The summed E-state index contributed by atoms with van der Waals surface area (Å²) in [5.41, 5.74) is 6.04. The number of nitrogens with two attached hydrogens (primary N) is 1. The van der Waals surface area contributed by atoms with Crippen LogP contribution in [0, 0.1) is 17.6 Å².